The number of morpholine rings is 1. The summed E-state index contributed by atoms with van der Waals surface area (Å²) in [6.45, 7) is 4.43. The van der Waals surface area contributed by atoms with Crippen molar-refractivity contribution in [1.29, 1.82) is 0 Å². The molecule has 2 heterocycles. The van der Waals surface area contributed by atoms with Crippen molar-refractivity contribution in [3.8, 4) is 0 Å². The van der Waals surface area contributed by atoms with Gasteiger partial charge in [-0.25, -0.2) is 4.79 Å². The fourth-order valence-electron chi connectivity index (χ4n) is 3.24. The Bertz CT molecular complexity index is 564. The average molecular weight is 318 g/mol. The molecule has 0 radical (unpaired) electrons. The van der Waals surface area contributed by atoms with Crippen LogP contribution in [0.4, 0.5) is 4.79 Å². The number of allylic oxidation sites excluding steroid dienone is 1. The minimum atomic E-state index is -0.130. The first-order valence-electron chi connectivity index (χ1n) is 8.66. The van der Waals surface area contributed by atoms with Gasteiger partial charge in [-0.1, -0.05) is 18.6 Å². The molecule has 1 aliphatic carbocycles. The van der Waals surface area contributed by atoms with Gasteiger partial charge in [0.05, 0.1) is 13.2 Å². The third-order valence-corrected chi connectivity index (χ3v) is 4.61. The van der Waals surface area contributed by atoms with Crippen LogP contribution in [0.5, 0.6) is 0 Å². The highest BCUT2D eigenvalue weighted by atomic mass is 16.5. The van der Waals surface area contributed by atoms with E-state index in [1.54, 1.807) is 0 Å². The van der Waals surface area contributed by atoms with Crippen molar-refractivity contribution in [1.82, 2.24) is 10.2 Å². The number of hydrogen-bond donors (Lipinski definition) is 1. The average Bonchev–Trinajstić information content (AvgIpc) is 3.26. The van der Waals surface area contributed by atoms with Crippen LogP contribution in [0.25, 0.3) is 0 Å². The number of nitrogens with zero attached hydrogens (tertiary/aromatic N) is 1. The van der Waals surface area contributed by atoms with Crippen molar-refractivity contribution in [2.24, 2.45) is 0 Å². The Morgan fingerprint density at radius 2 is 2.35 bits per heavy atom. The van der Waals surface area contributed by atoms with Crippen LogP contribution in [0.1, 0.15) is 50.2 Å². The second-order valence-corrected chi connectivity index (χ2v) is 6.18. The third-order valence-electron chi connectivity index (χ3n) is 4.61. The molecule has 23 heavy (non-hydrogen) atoms. The van der Waals surface area contributed by atoms with Gasteiger partial charge in [0.1, 0.15) is 17.6 Å². The maximum atomic E-state index is 12.5. The Labute approximate surface area is 137 Å². The van der Waals surface area contributed by atoms with Crippen molar-refractivity contribution in [3.63, 3.8) is 0 Å². The number of nitrogens with one attached hydrogen (secondary N) is 1. The lowest BCUT2D eigenvalue weighted by molar-refractivity contribution is 0.00405. The molecule has 1 atom stereocenters. The minimum Gasteiger partial charge on any atom is -0.464 e. The molecule has 1 fully saturated rings. The monoisotopic (exact) mass is 318 g/mol. The molecule has 5 nitrogen and oxygen atoms in total. The molecule has 1 N–H and O–H groups in total. The van der Waals surface area contributed by atoms with E-state index < -0.39 is 0 Å². The maximum absolute atomic E-state index is 12.5. The minimum absolute atomic E-state index is 0.0219. The molecule has 1 aromatic heterocycles. The number of hydrogen-bond acceptors (Lipinski definition) is 3. The maximum Gasteiger partial charge on any atom is 0.318 e. The number of aryl methyl sites for hydroxylation is 1. The molecule has 1 unspecified atom stereocenters. The van der Waals surface area contributed by atoms with E-state index in [2.05, 4.69) is 18.3 Å². The Hall–Kier alpha value is -1.75. The predicted octanol–water partition coefficient (Wildman–Crippen LogP) is 3.43. The van der Waals surface area contributed by atoms with Crippen molar-refractivity contribution in [2.75, 3.05) is 26.3 Å². The highest BCUT2D eigenvalue weighted by molar-refractivity contribution is 5.74. The summed E-state index contributed by atoms with van der Waals surface area (Å²) in [4.78, 5) is 14.4. The van der Waals surface area contributed by atoms with Gasteiger partial charge in [0, 0.05) is 19.5 Å². The number of furan rings is 1. The summed E-state index contributed by atoms with van der Waals surface area (Å²) in [6, 6.07) is 3.79. The molecule has 0 spiro atoms. The second kappa shape index (κ2) is 7.68. The molecular formula is C18H26N2O3. The molecule has 1 saturated heterocycles. The van der Waals surface area contributed by atoms with E-state index in [1.165, 1.54) is 24.8 Å². The van der Waals surface area contributed by atoms with Gasteiger partial charge in [-0.05, 0) is 37.8 Å². The summed E-state index contributed by atoms with van der Waals surface area (Å²) >= 11 is 0. The molecule has 3 rings (SSSR count). The van der Waals surface area contributed by atoms with E-state index in [4.69, 9.17) is 9.15 Å². The quantitative estimate of drug-likeness (QED) is 0.846. The summed E-state index contributed by atoms with van der Waals surface area (Å²) in [5, 5.41) is 3.05. The van der Waals surface area contributed by atoms with E-state index in [0.29, 0.717) is 26.3 Å². The molecule has 126 valence electrons. The SMILES string of the molecule is CCc1ccc(C2COCCN2C(=O)NCCC2=CCCC2)o1. The number of carbonyl (C=O) groups excluding carboxylic acids is 1. The Morgan fingerprint density at radius 1 is 1.43 bits per heavy atom. The van der Waals surface area contributed by atoms with E-state index in [1.807, 2.05) is 17.0 Å². The second-order valence-electron chi connectivity index (χ2n) is 6.18. The van der Waals surface area contributed by atoms with Crippen LogP contribution in [0.15, 0.2) is 28.2 Å². The van der Waals surface area contributed by atoms with Crippen molar-refractivity contribution in [2.45, 2.75) is 45.1 Å². The standard InChI is InChI=1S/C18H26N2O3/c1-2-15-7-8-17(23-15)16-13-22-12-11-20(16)18(21)19-10-9-14-5-3-4-6-14/h5,7-8,16H,2-4,6,9-13H2,1H3,(H,19,21). The van der Waals surface area contributed by atoms with E-state index in [0.717, 1.165) is 24.4 Å². The molecule has 1 aliphatic heterocycles. The van der Waals surface area contributed by atoms with Crippen molar-refractivity contribution in [3.05, 3.63) is 35.3 Å². The summed E-state index contributed by atoms with van der Waals surface area (Å²) in [7, 11) is 0. The Kier molecular flexibility index (Phi) is 5.39. The Morgan fingerprint density at radius 3 is 3.09 bits per heavy atom. The molecule has 0 bridgehead atoms. The zero-order chi connectivity index (χ0) is 16.1. The Balaban J connectivity index is 1.57. The van der Waals surface area contributed by atoms with Gasteiger partial charge in [0.15, 0.2) is 0 Å². The third kappa shape index (κ3) is 3.96. The van der Waals surface area contributed by atoms with Crippen LogP contribution >= 0.6 is 0 Å². The van der Waals surface area contributed by atoms with Gasteiger partial charge in [-0.2, -0.15) is 0 Å². The van der Waals surface area contributed by atoms with Crippen LogP contribution in [0.3, 0.4) is 0 Å². The highest BCUT2D eigenvalue weighted by Gasteiger charge is 2.30. The van der Waals surface area contributed by atoms with E-state index in [-0.39, 0.29) is 12.1 Å². The van der Waals surface area contributed by atoms with Crippen LogP contribution in [0, 0.1) is 0 Å². The number of ether oxygens (including phenoxy) is 1. The van der Waals surface area contributed by atoms with Gasteiger partial charge in [-0.3, -0.25) is 0 Å². The first-order chi connectivity index (χ1) is 11.3. The number of urea groups is 1. The zero-order valence-corrected chi connectivity index (χ0v) is 13.8. The zero-order valence-electron chi connectivity index (χ0n) is 13.8. The predicted molar refractivity (Wildman–Crippen MR) is 88.3 cm³/mol. The molecule has 1 aromatic rings. The molecule has 0 saturated carbocycles. The molecule has 2 aliphatic rings. The number of rotatable bonds is 5. The number of carbonyl (C=O) groups is 1. The summed E-state index contributed by atoms with van der Waals surface area (Å²) in [5.41, 5.74) is 1.47. The van der Waals surface area contributed by atoms with E-state index >= 15 is 0 Å². The van der Waals surface area contributed by atoms with Gasteiger partial charge < -0.3 is 19.4 Å². The lowest BCUT2D eigenvalue weighted by atomic mass is 10.1. The van der Waals surface area contributed by atoms with Crippen LogP contribution in [-0.4, -0.2) is 37.2 Å². The lowest BCUT2D eigenvalue weighted by Crippen LogP contribution is -2.48. The van der Waals surface area contributed by atoms with Crippen molar-refractivity contribution >= 4 is 6.03 Å². The molecule has 0 aromatic carbocycles. The van der Waals surface area contributed by atoms with Crippen LogP contribution in [0.2, 0.25) is 0 Å². The number of amides is 2. The van der Waals surface area contributed by atoms with Crippen molar-refractivity contribution < 1.29 is 13.9 Å². The molecule has 5 heteroatoms. The lowest BCUT2D eigenvalue weighted by Gasteiger charge is -2.34. The highest BCUT2D eigenvalue weighted by Crippen LogP contribution is 2.26. The summed E-state index contributed by atoms with van der Waals surface area (Å²) in [6.07, 6.45) is 7.75. The fraction of sp³-hybridized carbons (Fsp3) is 0.611. The first kappa shape index (κ1) is 16.1. The molecule has 2 amide bonds. The van der Waals surface area contributed by atoms with Gasteiger partial charge >= 0.3 is 6.03 Å². The topological polar surface area (TPSA) is 54.7 Å². The van der Waals surface area contributed by atoms with Gasteiger partial charge in [0.2, 0.25) is 0 Å². The van der Waals surface area contributed by atoms with Crippen LogP contribution in [-0.2, 0) is 11.2 Å². The summed E-state index contributed by atoms with van der Waals surface area (Å²) in [5.74, 6) is 1.76. The van der Waals surface area contributed by atoms with Crippen LogP contribution < -0.4 is 5.32 Å². The fourth-order valence-corrected chi connectivity index (χ4v) is 3.24. The van der Waals surface area contributed by atoms with E-state index in [9.17, 15) is 4.79 Å². The largest absolute Gasteiger partial charge is 0.464 e. The van der Waals surface area contributed by atoms with Gasteiger partial charge in [0.25, 0.3) is 0 Å². The van der Waals surface area contributed by atoms with Gasteiger partial charge in [-0.15, -0.1) is 0 Å². The smallest absolute Gasteiger partial charge is 0.318 e. The molecular weight excluding hydrogens is 292 g/mol. The summed E-state index contributed by atoms with van der Waals surface area (Å²) < 4.78 is 11.4. The normalized spacial score (nSPS) is 21.3. The first-order valence-corrected chi connectivity index (χ1v) is 8.66.